The second kappa shape index (κ2) is 13.8. The van der Waals surface area contributed by atoms with E-state index in [0.29, 0.717) is 38.6 Å². The van der Waals surface area contributed by atoms with Gasteiger partial charge in [-0.3, -0.25) is 4.99 Å². The van der Waals surface area contributed by atoms with Crippen LogP contribution >= 0.6 is 24.0 Å². The summed E-state index contributed by atoms with van der Waals surface area (Å²) in [6.45, 7) is 7.42. The van der Waals surface area contributed by atoms with Crippen molar-refractivity contribution >= 4 is 40.0 Å². The molecule has 1 aromatic carbocycles. The van der Waals surface area contributed by atoms with Gasteiger partial charge in [-0.05, 0) is 19.4 Å². The first-order valence-corrected chi connectivity index (χ1v) is 10.3. The highest BCUT2D eigenvalue weighted by Crippen LogP contribution is 2.17. The molecule has 2 N–H and O–H groups in total. The molecule has 0 aliphatic heterocycles. The first kappa shape index (κ1) is 25.7. The molecular weight excluding hydrogens is 479 g/mol. The molecule has 0 radical (unpaired) electrons. The number of para-hydroxylation sites is 1. The zero-order valence-corrected chi connectivity index (χ0v) is 19.4. The Bertz CT molecular complexity index is 696. The van der Waals surface area contributed by atoms with Crippen LogP contribution in [0.25, 0.3) is 0 Å². The summed E-state index contributed by atoms with van der Waals surface area (Å²) >= 11 is 0. The van der Waals surface area contributed by atoms with Gasteiger partial charge in [0.05, 0.1) is 5.75 Å². The van der Waals surface area contributed by atoms with Crippen molar-refractivity contribution in [2.75, 3.05) is 39.5 Å². The number of nitrogens with zero attached hydrogens (tertiary/aromatic N) is 2. The highest BCUT2D eigenvalue weighted by Gasteiger charge is 2.14. The molecule has 154 valence electrons. The van der Waals surface area contributed by atoms with Crippen molar-refractivity contribution in [2.45, 2.75) is 19.9 Å². The number of sulfonamides is 1. The van der Waals surface area contributed by atoms with Gasteiger partial charge in [-0.15, -0.1) is 24.0 Å². The zero-order valence-electron chi connectivity index (χ0n) is 16.3. The summed E-state index contributed by atoms with van der Waals surface area (Å²) in [6, 6.07) is 7.79. The Morgan fingerprint density at radius 2 is 2.04 bits per heavy atom. The van der Waals surface area contributed by atoms with Gasteiger partial charge in [0.25, 0.3) is 0 Å². The van der Waals surface area contributed by atoms with Crippen LogP contribution in [0.1, 0.15) is 18.9 Å². The largest absolute Gasteiger partial charge is 0.489 e. The average Bonchev–Trinajstić information content (AvgIpc) is 2.66. The lowest BCUT2D eigenvalue weighted by Gasteiger charge is -2.17. The Balaban J connectivity index is 0.00000676. The first-order valence-electron chi connectivity index (χ1n) is 8.64. The summed E-state index contributed by atoms with van der Waals surface area (Å²) in [7, 11) is 0.176. The molecule has 0 saturated carbocycles. The van der Waals surface area contributed by atoms with Crippen LogP contribution in [0.5, 0.6) is 5.75 Å². The van der Waals surface area contributed by atoms with Crippen LogP contribution in [0.2, 0.25) is 0 Å². The molecule has 9 heteroatoms. The Morgan fingerprint density at radius 3 is 2.67 bits per heavy atom. The summed E-state index contributed by atoms with van der Waals surface area (Å²) in [5.41, 5.74) is 1.02. The zero-order chi connectivity index (χ0) is 19.4. The van der Waals surface area contributed by atoms with Crippen LogP contribution in [0.3, 0.4) is 0 Å². The van der Waals surface area contributed by atoms with E-state index in [4.69, 9.17) is 4.74 Å². The van der Waals surface area contributed by atoms with Crippen molar-refractivity contribution in [3.63, 3.8) is 0 Å². The van der Waals surface area contributed by atoms with E-state index in [1.807, 2.05) is 24.3 Å². The van der Waals surface area contributed by atoms with E-state index in [9.17, 15) is 8.42 Å². The predicted molar refractivity (Wildman–Crippen MR) is 122 cm³/mol. The molecule has 0 heterocycles. The maximum Gasteiger partial charge on any atom is 0.213 e. The van der Waals surface area contributed by atoms with Crippen molar-refractivity contribution < 1.29 is 13.2 Å². The minimum Gasteiger partial charge on any atom is -0.489 e. The van der Waals surface area contributed by atoms with Gasteiger partial charge in [-0.2, -0.15) is 0 Å². The lowest BCUT2D eigenvalue weighted by atomic mass is 10.2. The lowest BCUT2D eigenvalue weighted by molar-refractivity contribution is 0.358. The summed E-state index contributed by atoms with van der Waals surface area (Å²) < 4.78 is 30.4. The van der Waals surface area contributed by atoms with E-state index in [1.54, 1.807) is 27.1 Å². The van der Waals surface area contributed by atoms with Gasteiger partial charge in [0.1, 0.15) is 12.4 Å². The molecule has 0 aliphatic rings. The summed E-state index contributed by atoms with van der Waals surface area (Å²) in [5.74, 6) is 1.58. The molecule has 0 fully saturated rings. The molecule has 7 nitrogen and oxygen atoms in total. The van der Waals surface area contributed by atoms with Crippen LogP contribution in [0.4, 0.5) is 0 Å². The Morgan fingerprint density at radius 1 is 1.33 bits per heavy atom. The maximum atomic E-state index is 11.7. The SMILES string of the molecule is C=CCOc1ccccc1CNC(=NC)NCCCN(C)S(=O)(=O)CC.I. The molecule has 27 heavy (non-hydrogen) atoms. The fourth-order valence-corrected chi connectivity index (χ4v) is 3.05. The summed E-state index contributed by atoms with van der Waals surface area (Å²) in [5, 5.41) is 6.42. The molecule has 1 aromatic rings. The van der Waals surface area contributed by atoms with Crippen molar-refractivity contribution in [3.05, 3.63) is 42.5 Å². The van der Waals surface area contributed by atoms with E-state index < -0.39 is 10.0 Å². The highest BCUT2D eigenvalue weighted by molar-refractivity contribution is 14.0. The monoisotopic (exact) mass is 510 g/mol. The van der Waals surface area contributed by atoms with E-state index in [2.05, 4.69) is 22.2 Å². The van der Waals surface area contributed by atoms with E-state index in [0.717, 1.165) is 11.3 Å². The molecule has 0 aromatic heterocycles. The van der Waals surface area contributed by atoms with Gasteiger partial charge >= 0.3 is 0 Å². The molecule has 0 saturated heterocycles. The molecule has 0 spiro atoms. The topological polar surface area (TPSA) is 83.0 Å². The molecule has 0 atom stereocenters. The van der Waals surface area contributed by atoms with Gasteiger partial charge in [0.2, 0.25) is 10.0 Å². The van der Waals surface area contributed by atoms with Crippen molar-refractivity contribution in [3.8, 4) is 5.75 Å². The Kier molecular flexibility index (Phi) is 13.1. The molecule has 1 rings (SSSR count). The summed E-state index contributed by atoms with van der Waals surface area (Å²) in [6.07, 6.45) is 2.40. The molecule has 0 aliphatic carbocycles. The quantitative estimate of drug-likeness (QED) is 0.157. The number of guanidine groups is 1. The normalized spacial score (nSPS) is 11.6. The fourth-order valence-electron chi connectivity index (χ4n) is 2.21. The first-order chi connectivity index (χ1) is 12.4. The molecule has 0 bridgehead atoms. The van der Waals surface area contributed by atoms with Crippen LogP contribution < -0.4 is 15.4 Å². The van der Waals surface area contributed by atoms with Gasteiger partial charge in [0, 0.05) is 39.3 Å². The molecule has 0 amide bonds. The van der Waals surface area contributed by atoms with Crippen molar-refractivity contribution in [2.24, 2.45) is 4.99 Å². The smallest absolute Gasteiger partial charge is 0.213 e. The standard InChI is InChI=1S/C18H30N4O3S.HI/c1-5-14-25-17-11-8-7-10-16(17)15-21-18(19-3)20-12-9-13-22(4)26(23,24)6-2;/h5,7-8,10-11H,1,6,9,12-15H2,2-4H3,(H2,19,20,21);1H. The highest BCUT2D eigenvalue weighted by atomic mass is 127. The number of aliphatic imine (C=N–C) groups is 1. The third kappa shape index (κ3) is 9.43. The predicted octanol–water partition coefficient (Wildman–Crippen LogP) is 2.21. The lowest BCUT2D eigenvalue weighted by Crippen LogP contribution is -2.38. The van der Waals surface area contributed by atoms with Crippen LogP contribution in [0, 0.1) is 0 Å². The summed E-state index contributed by atoms with van der Waals surface area (Å²) in [4.78, 5) is 4.18. The van der Waals surface area contributed by atoms with E-state index >= 15 is 0 Å². The van der Waals surface area contributed by atoms with Crippen LogP contribution in [-0.4, -0.2) is 58.2 Å². The van der Waals surface area contributed by atoms with E-state index in [-0.39, 0.29) is 29.7 Å². The second-order valence-electron chi connectivity index (χ2n) is 5.64. The van der Waals surface area contributed by atoms with Crippen molar-refractivity contribution in [1.29, 1.82) is 0 Å². The average molecular weight is 510 g/mol. The van der Waals surface area contributed by atoms with Crippen molar-refractivity contribution in [1.82, 2.24) is 14.9 Å². The van der Waals surface area contributed by atoms with Crippen LogP contribution in [0.15, 0.2) is 41.9 Å². The van der Waals surface area contributed by atoms with Gasteiger partial charge < -0.3 is 15.4 Å². The number of hydrogen-bond acceptors (Lipinski definition) is 4. The van der Waals surface area contributed by atoms with Gasteiger partial charge in [-0.25, -0.2) is 12.7 Å². The fraction of sp³-hybridized carbons (Fsp3) is 0.500. The number of hydrogen-bond donors (Lipinski definition) is 2. The molecular formula is C18H31IN4O3S. The van der Waals surface area contributed by atoms with E-state index in [1.165, 1.54) is 4.31 Å². The number of halogens is 1. The Labute approximate surface area is 180 Å². The number of rotatable bonds is 11. The second-order valence-corrected chi connectivity index (χ2v) is 8.00. The minimum absolute atomic E-state index is 0. The number of ether oxygens (including phenoxy) is 1. The minimum atomic E-state index is -3.12. The maximum absolute atomic E-state index is 11.7. The number of benzene rings is 1. The Hall–Kier alpha value is -1.33. The number of nitrogens with one attached hydrogen (secondary N) is 2. The third-order valence-electron chi connectivity index (χ3n) is 3.78. The molecule has 0 unspecified atom stereocenters. The van der Waals surface area contributed by atoms with Crippen LogP contribution in [-0.2, 0) is 16.6 Å². The third-order valence-corrected chi connectivity index (χ3v) is 5.64. The van der Waals surface area contributed by atoms with Gasteiger partial charge in [-0.1, -0.05) is 30.9 Å². The van der Waals surface area contributed by atoms with Gasteiger partial charge in [0.15, 0.2) is 5.96 Å².